The number of aryl methyl sites for hydroxylation is 1. The zero-order chi connectivity index (χ0) is 23.2. The first-order valence-electron chi connectivity index (χ1n) is 11.3. The molecule has 5 nitrogen and oxygen atoms in total. The van der Waals surface area contributed by atoms with Gasteiger partial charge in [-0.2, -0.15) is 0 Å². The van der Waals surface area contributed by atoms with Gasteiger partial charge in [-0.15, -0.1) is 0 Å². The first kappa shape index (κ1) is 25.3. The van der Waals surface area contributed by atoms with Crippen molar-refractivity contribution in [2.45, 2.75) is 51.4 Å². The molecule has 0 radical (unpaired) electrons. The number of methoxy groups -OCH3 is 4. The molecule has 0 saturated heterocycles. The molecule has 0 aromatic heterocycles. The van der Waals surface area contributed by atoms with E-state index < -0.39 is 0 Å². The van der Waals surface area contributed by atoms with Gasteiger partial charge in [0.2, 0.25) is 0 Å². The molecule has 0 unspecified atom stereocenters. The van der Waals surface area contributed by atoms with Gasteiger partial charge in [0, 0.05) is 0 Å². The molecule has 0 heterocycles. The van der Waals surface area contributed by atoms with Gasteiger partial charge in [0.15, 0.2) is 17.3 Å². The Morgan fingerprint density at radius 3 is 2.06 bits per heavy atom. The third-order valence-corrected chi connectivity index (χ3v) is 5.48. The van der Waals surface area contributed by atoms with Crippen LogP contribution in [0.4, 0.5) is 0 Å². The zero-order valence-corrected chi connectivity index (χ0v) is 19.8. The van der Waals surface area contributed by atoms with E-state index in [1.165, 1.54) is 37.7 Å². The molecule has 0 amide bonds. The number of ether oxygens (including phenoxy) is 4. The minimum atomic E-state index is -0.0593. The second-order valence-electron chi connectivity index (χ2n) is 7.68. The molecular weight excluding hydrogens is 404 g/mol. The number of rotatable bonds is 15. The minimum Gasteiger partial charge on any atom is -0.497 e. The lowest BCUT2D eigenvalue weighted by Gasteiger charge is -2.09. The van der Waals surface area contributed by atoms with E-state index in [4.69, 9.17) is 18.9 Å². The summed E-state index contributed by atoms with van der Waals surface area (Å²) in [4.78, 5) is 12.5. The fraction of sp³-hybridized carbons (Fsp3) is 0.444. The summed E-state index contributed by atoms with van der Waals surface area (Å²) >= 11 is 0. The first-order valence-corrected chi connectivity index (χ1v) is 11.3. The molecule has 0 aliphatic rings. The van der Waals surface area contributed by atoms with E-state index in [1.807, 2.05) is 12.1 Å². The van der Waals surface area contributed by atoms with E-state index in [-0.39, 0.29) is 5.78 Å². The molecule has 2 rings (SSSR count). The van der Waals surface area contributed by atoms with Gasteiger partial charge in [-0.05, 0) is 67.7 Å². The largest absolute Gasteiger partial charge is 0.497 e. The maximum absolute atomic E-state index is 12.5. The summed E-state index contributed by atoms with van der Waals surface area (Å²) in [5.74, 6) is 2.72. The molecule has 0 aliphatic heterocycles. The Bertz CT molecular complexity index is 872. The SMILES string of the molecule is COc1ccc(OC)c(C(=O)C=CCCCCCCCCc2ccc(OC)c(OC)c2)c1. The molecule has 174 valence electrons. The summed E-state index contributed by atoms with van der Waals surface area (Å²) < 4.78 is 21.1. The number of allylic oxidation sites excluding steroid dienone is 2. The summed E-state index contributed by atoms with van der Waals surface area (Å²) in [7, 11) is 6.48. The van der Waals surface area contributed by atoms with E-state index in [0.29, 0.717) is 17.1 Å². The van der Waals surface area contributed by atoms with Crippen molar-refractivity contribution >= 4 is 5.78 Å². The van der Waals surface area contributed by atoms with Crippen LogP contribution in [0.15, 0.2) is 48.6 Å². The molecule has 5 heteroatoms. The Labute approximate surface area is 192 Å². The van der Waals surface area contributed by atoms with E-state index in [9.17, 15) is 4.79 Å². The molecule has 0 N–H and O–H groups in total. The molecule has 2 aromatic rings. The van der Waals surface area contributed by atoms with Crippen molar-refractivity contribution in [1.29, 1.82) is 0 Å². The van der Waals surface area contributed by atoms with Crippen molar-refractivity contribution in [3.05, 3.63) is 59.7 Å². The van der Waals surface area contributed by atoms with Crippen LogP contribution in [-0.2, 0) is 6.42 Å². The van der Waals surface area contributed by atoms with Crippen LogP contribution >= 0.6 is 0 Å². The Hall–Kier alpha value is -2.95. The average Bonchev–Trinajstić information content (AvgIpc) is 2.84. The molecule has 0 aliphatic carbocycles. The number of unbranched alkanes of at least 4 members (excludes halogenated alkanes) is 6. The quantitative estimate of drug-likeness (QED) is 0.181. The Morgan fingerprint density at radius 1 is 0.719 bits per heavy atom. The lowest BCUT2D eigenvalue weighted by molar-refractivity contribution is 0.104. The summed E-state index contributed by atoms with van der Waals surface area (Å²) in [5, 5.41) is 0. The van der Waals surface area contributed by atoms with Crippen molar-refractivity contribution in [3.63, 3.8) is 0 Å². The second-order valence-corrected chi connectivity index (χ2v) is 7.68. The van der Waals surface area contributed by atoms with Crippen molar-refractivity contribution in [3.8, 4) is 23.0 Å². The molecule has 0 atom stereocenters. The highest BCUT2D eigenvalue weighted by Gasteiger charge is 2.11. The predicted octanol–water partition coefficient (Wildman–Crippen LogP) is 6.43. The summed E-state index contributed by atoms with van der Waals surface area (Å²) in [6.45, 7) is 0. The van der Waals surface area contributed by atoms with Crippen LogP contribution in [0.5, 0.6) is 23.0 Å². The monoisotopic (exact) mass is 440 g/mol. The molecule has 0 fully saturated rings. The number of carbonyl (C=O) groups excluding carboxylic acids is 1. The molecule has 0 spiro atoms. The summed E-state index contributed by atoms with van der Waals surface area (Å²) in [6, 6.07) is 11.4. The summed E-state index contributed by atoms with van der Waals surface area (Å²) in [5.41, 5.74) is 1.81. The van der Waals surface area contributed by atoms with Crippen LogP contribution in [0.1, 0.15) is 60.9 Å². The van der Waals surface area contributed by atoms with Crippen molar-refractivity contribution in [1.82, 2.24) is 0 Å². The molecule has 2 aromatic carbocycles. The fourth-order valence-corrected chi connectivity index (χ4v) is 3.62. The fourth-order valence-electron chi connectivity index (χ4n) is 3.62. The lowest BCUT2D eigenvalue weighted by atomic mass is 10.0. The number of hydrogen-bond donors (Lipinski definition) is 0. The number of carbonyl (C=O) groups is 1. The Morgan fingerprint density at radius 2 is 1.38 bits per heavy atom. The van der Waals surface area contributed by atoms with Crippen LogP contribution in [0, 0.1) is 0 Å². The average molecular weight is 441 g/mol. The third-order valence-electron chi connectivity index (χ3n) is 5.48. The van der Waals surface area contributed by atoms with Crippen molar-refractivity contribution in [2.75, 3.05) is 28.4 Å². The minimum absolute atomic E-state index is 0.0593. The zero-order valence-electron chi connectivity index (χ0n) is 19.8. The smallest absolute Gasteiger partial charge is 0.189 e. The maximum Gasteiger partial charge on any atom is 0.189 e. The van der Waals surface area contributed by atoms with E-state index in [0.717, 1.165) is 30.8 Å². The van der Waals surface area contributed by atoms with Crippen molar-refractivity contribution in [2.24, 2.45) is 0 Å². The third kappa shape index (κ3) is 7.95. The topological polar surface area (TPSA) is 54.0 Å². The highest BCUT2D eigenvalue weighted by Crippen LogP contribution is 2.28. The maximum atomic E-state index is 12.5. The van der Waals surface area contributed by atoms with Gasteiger partial charge in [-0.25, -0.2) is 0 Å². The lowest BCUT2D eigenvalue weighted by Crippen LogP contribution is -1.99. The first-order chi connectivity index (χ1) is 15.6. The normalized spacial score (nSPS) is 10.9. The highest BCUT2D eigenvalue weighted by molar-refractivity contribution is 6.06. The van der Waals surface area contributed by atoms with Gasteiger partial charge in [0.05, 0.1) is 34.0 Å². The number of benzene rings is 2. The van der Waals surface area contributed by atoms with Gasteiger partial charge in [-0.3, -0.25) is 4.79 Å². The Balaban J connectivity index is 1.61. The van der Waals surface area contributed by atoms with Crippen LogP contribution < -0.4 is 18.9 Å². The van der Waals surface area contributed by atoms with Gasteiger partial charge in [-0.1, -0.05) is 37.8 Å². The van der Waals surface area contributed by atoms with E-state index in [1.54, 1.807) is 52.7 Å². The van der Waals surface area contributed by atoms with Gasteiger partial charge < -0.3 is 18.9 Å². The van der Waals surface area contributed by atoms with Gasteiger partial charge in [0.1, 0.15) is 11.5 Å². The molecular formula is C27H36O5. The van der Waals surface area contributed by atoms with E-state index >= 15 is 0 Å². The van der Waals surface area contributed by atoms with Gasteiger partial charge >= 0.3 is 0 Å². The highest BCUT2D eigenvalue weighted by atomic mass is 16.5. The second kappa shape index (κ2) is 14.2. The summed E-state index contributed by atoms with van der Waals surface area (Å²) in [6.07, 6.45) is 12.7. The van der Waals surface area contributed by atoms with Crippen LogP contribution in [-0.4, -0.2) is 34.2 Å². The van der Waals surface area contributed by atoms with Crippen molar-refractivity contribution < 1.29 is 23.7 Å². The van der Waals surface area contributed by atoms with Crippen LogP contribution in [0.2, 0.25) is 0 Å². The van der Waals surface area contributed by atoms with E-state index in [2.05, 4.69) is 12.1 Å². The molecule has 0 bridgehead atoms. The number of ketones is 1. The predicted molar refractivity (Wildman–Crippen MR) is 129 cm³/mol. The number of hydrogen-bond acceptors (Lipinski definition) is 5. The molecule has 32 heavy (non-hydrogen) atoms. The Kier molecular flexibility index (Phi) is 11.2. The van der Waals surface area contributed by atoms with Crippen LogP contribution in [0.3, 0.4) is 0 Å². The standard InChI is InChI=1S/C27H36O5/c1-29-22-16-18-25(30-2)23(20-22)24(28)14-12-10-8-6-5-7-9-11-13-21-15-17-26(31-3)27(19-21)32-4/h12,14-20H,5-11,13H2,1-4H3. The van der Waals surface area contributed by atoms with Gasteiger partial charge in [0.25, 0.3) is 0 Å². The van der Waals surface area contributed by atoms with Crippen LogP contribution in [0.25, 0.3) is 0 Å². The molecule has 0 saturated carbocycles.